The van der Waals surface area contributed by atoms with Gasteiger partial charge >= 0.3 is 5.97 Å². The van der Waals surface area contributed by atoms with Crippen LogP contribution in [0.25, 0.3) is 0 Å². The summed E-state index contributed by atoms with van der Waals surface area (Å²) in [4.78, 5) is 140. The van der Waals surface area contributed by atoms with Gasteiger partial charge in [-0.15, -0.1) is 0 Å². The molecule has 2 aromatic rings. The number of guanidine groups is 1. The number of primary amides is 1. The Balaban J connectivity index is 1.66. The molecule has 0 spiro atoms. The third kappa shape index (κ3) is 18.9. The second-order valence-corrected chi connectivity index (χ2v) is 20.1. The van der Waals surface area contributed by atoms with Crippen molar-refractivity contribution in [2.75, 3.05) is 31.1 Å². The van der Waals surface area contributed by atoms with Crippen LogP contribution < -0.4 is 54.4 Å². The van der Waals surface area contributed by atoms with E-state index in [1.54, 1.807) is 56.3 Å². The van der Waals surface area contributed by atoms with Crippen molar-refractivity contribution >= 4 is 86.7 Å². The van der Waals surface area contributed by atoms with Gasteiger partial charge in [0.15, 0.2) is 5.96 Å². The van der Waals surface area contributed by atoms with Gasteiger partial charge in [0, 0.05) is 43.9 Å². The van der Waals surface area contributed by atoms with Gasteiger partial charge in [0.05, 0.1) is 6.42 Å². The highest BCUT2D eigenvalue weighted by Gasteiger charge is 2.40. The average molecular weight is 1040 g/mol. The molecule has 0 unspecified atom stereocenters. The number of aromatic hydroxyl groups is 1. The van der Waals surface area contributed by atoms with Gasteiger partial charge in [-0.05, 0) is 54.9 Å². The molecule has 0 bridgehead atoms. The van der Waals surface area contributed by atoms with Crippen LogP contribution in [0.5, 0.6) is 5.75 Å². The second kappa shape index (κ2) is 28.7. The predicted molar refractivity (Wildman–Crippen MR) is 267 cm³/mol. The summed E-state index contributed by atoms with van der Waals surface area (Å²) in [6.07, 6.45) is -0.242. The van der Waals surface area contributed by atoms with Crippen LogP contribution in [-0.4, -0.2) is 154 Å². The Morgan fingerprint density at radius 1 is 0.806 bits per heavy atom. The van der Waals surface area contributed by atoms with Crippen LogP contribution in [-0.2, 0) is 60.8 Å². The summed E-state index contributed by atoms with van der Waals surface area (Å²) >= 11 is 0. The molecule has 7 atom stereocenters. The Bertz CT molecular complexity index is 2290. The number of carboxylic acid groups (broad SMARTS) is 1. The number of carboxylic acids is 1. The maximum atomic E-state index is 14.5. The molecule has 2 aliphatic rings. The lowest BCUT2D eigenvalue weighted by Gasteiger charge is -2.31. The minimum Gasteiger partial charge on any atom is -0.508 e. The Labute approximate surface area is 423 Å². The van der Waals surface area contributed by atoms with E-state index in [0.717, 1.165) is 21.6 Å². The van der Waals surface area contributed by atoms with E-state index in [1.165, 1.54) is 17.0 Å². The summed E-state index contributed by atoms with van der Waals surface area (Å²) < 4.78 is 0. The monoisotopic (exact) mass is 1040 g/mol. The van der Waals surface area contributed by atoms with Crippen molar-refractivity contribution in [1.82, 2.24) is 42.1 Å². The largest absolute Gasteiger partial charge is 0.508 e. The fraction of sp³-hybridized carbons (Fsp3) is 0.500. The van der Waals surface area contributed by atoms with Crippen molar-refractivity contribution in [3.63, 3.8) is 0 Å². The van der Waals surface area contributed by atoms with Crippen LogP contribution >= 0.6 is 21.6 Å². The molecule has 15 N–H and O–H groups in total. The highest BCUT2D eigenvalue weighted by molar-refractivity contribution is 8.76. The van der Waals surface area contributed by atoms with E-state index < -0.39 is 120 Å². The fourth-order valence-electron chi connectivity index (χ4n) is 7.72. The Kier molecular flexibility index (Phi) is 22.9. The molecule has 72 heavy (non-hydrogen) atoms. The van der Waals surface area contributed by atoms with E-state index in [-0.39, 0.29) is 74.8 Å². The van der Waals surface area contributed by atoms with Crippen LogP contribution in [0.1, 0.15) is 63.5 Å². The first-order chi connectivity index (χ1) is 34.2. The maximum Gasteiger partial charge on any atom is 0.322 e. The van der Waals surface area contributed by atoms with Crippen LogP contribution in [0.4, 0.5) is 0 Å². The number of hydrogen-bond donors (Lipinski definition) is 12. The van der Waals surface area contributed by atoms with Gasteiger partial charge in [-0.3, -0.25) is 52.9 Å². The quantitative estimate of drug-likeness (QED) is 0.0342. The molecule has 2 fully saturated rings. The number of rotatable bonds is 17. The lowest BCUT2D eigenvalue weighted by molar-refractivity contribution is -0.142. The van der Waals surface area contributed by atoms with Crippen LogP contribution in [0.2, 0.25) is 0 Å². The highest BCUT2D eigenvalue weighted by atomic mass is 33.1. The van der Waals surface area contributed by atoms with E-state index in [0.29, 0.717) is 17.5 Å². The van der Waals surface area contributed by atoms with Crippen molar-refractivity contribution in [3.05, 3.63) is 65.7 Å². The number of carbonyl (C=O) groups excluding carboxylic acids is 9. The number of aliphatic imine (C=N–C) groups is 1. The summed E-state index contributed by atoms with van der Waals surface area (Å²) in [5, 5.41) is 37.2. The molecule has 4 rings (SSSR count). The minimum absolute atomic E-state index is 0.00589. The minimum atomic E-state index is -1.67. The lowest BCUT2D eigenvalue weighted by Crippen LogP contribution is -2.61. The number of nitrogens with two attached hydrogens (primary N) is 3. The van der Waals surface area contributed by atoms with Gasteiger partial charge in [-0.1, -0.05) is 77.9 Å². The molecule has 24 nitrogen and oxygen atoms in total. The molecule has 2 saturated heterocycles. The van der Waals surface area contributed by atoms with Crippen LogP contribution in [0, 0.1) is 5.92 Å². The Morgan fingerprint density at radius 3 is 2.07 bits per heavy atom. The van der Waals surface area contributed by atoms with E-state index in [2.05, 4.69) is 42.2 Å². The molecule has 0 radical (unpaired) electrons. The zero-order chi connectivity index (χ0) is 52.9. The number of phenols is 1. The number of nitrogens with zero attached hydrogens (tertiary/aromatic N) is 2. The Morgan fingerprint density at radius 2 is 1.43 bits per heavy atom. The highest BCUT2D eigenvalue weighted by Crippen LogP contribution is 2.26. The van der Waals surface area contributed by atoms with Gasteiger partial charge in [-0.2, -0.15) is 0 Å². The number of nitrogens with one attached hydrogen (secondary N) is 7. The van der Waals surface area contributed by atoms with Crippen molar-refractivity contribution in [1.29, 1.82) is 0 Å². The number of aliphatic carboxylic acids is 1. The van der Waals surface area contributed by atoms with Crippen molar-refractivity contribution < 1.29 is 58.2 Å². The van der Waals surface area contributed by atoms with E-state index >= 15 is 0 Å². The molecule has 2 aliphatic heterocycles. The molecule has 26 heteroatoms. The molecule has 9 amide bonds. The summed E-state index contributed by atoms with van der Waals surface area (Å²) in [6, 6.07) is 5.38. The van der Waals surface area contributed by atoms with Crippen LogP contribution in [0.15, 0.2) is 59.6 Å². The number of benzene rings is 2. The normalized spacial score (nSPS) is 22.2. The van der Waals surface area contributed by atoms with Gasteiger partial charge < -0.3 is 69.5 Å². The molecule has 0 aliphatic carbocycles. The van der Waals surface area contributed by atoms with Gasteiger partial charge in [0.1, 0.15) is 54.6 Å². The van der Waals surface area contributed by atoms with Crippen molar-refractivity contribution in [2.45, 2.75) is 108 Å². The topological polar surface area (TPSA) is 389 Å². The number of amides is 9. The van der Waals surface area contributed by atoms with Gasteiger partial charge in [0.25, 0.3) is 0 Å². The third-order valence-electron chi connectivity index (χ3n) is 11.4. The Hall–Kier alpha value is -7.09. The third-order valence-corrected chi connectivity index (χ3v) is 13.8. The zero-order valence-corrected chi connectivity index (χ0v) is 41.6. The predicted octanol–water partition coefficient (Wildman–Crippen LogP) is -2.35. The average Bonchev–Trinajstić information content (AvgIpc) is 3.83. The first-order valence-corrected chi connectivity index (χ1v) is 25.7. The smallest absolute Gasteiger partial charge is 0.322 e. The van der Waals surface area contributed by atoms with Crippen LogP contribution in [0.3, 0.4) is 0 Å². The molecule has 2 aromatic carbocycles. The SMILES string of the molecule is CC(C)[C@@H]1NC(=O)[C@H](Cc2ccccc2)NC(=O)[C@@H](Cc2ccc(O)cc2)NC(=O)CCSSC[C@@H](C(=O)N2CCC[C@@H]2C(=O)N[C@@H](CCCN=C(N)N)C(=O)NCC(=O)O)NC(=O)[C@H](CC(N)=O)NC1=O. The van der Waals surface area contributed by atoms with E-state index in [9.17, 15) is 53.1 Å². The first kappa shape index (κ1) is 57.5. The fourth-order valence-corrected chi connectivity index (χ4v) is 9.87. The molecule has 392 valence electrons. The summed E-state index contributed by atoms with van der Waals surface area (Å²) in [6.45, 7) is 2.64. The lowest BCUT2D eigenvalue weighted by atomic mass is 9.99. The number of hydrogen-bond acceptors (Lipinski definition) is 14. The van der Waals surface area contributed by atoms with E-state index in [4.69, 9.17) is 22.3 Å². The molecular formula is C46H64N12O12S2. The molecule has 2 heterocycles. The second-order valence-electron chi connectivity index (χ2n) is 17.4. The van der Waals surface area contributed by atoms with Gasteiger partial charge in [0.2, 0.25) is 53.2 Å². The number of carbonyl (C=O) groups is 10. The standard InChI is InChI=1S/C46H64N12O12S2/c1-25(2)38-44(69)55-32(22-35(47)60)41(66)56-33(45(70)58-18-7-11-34(58)43(68)53-29(10-6-17-50-46(48)49)39(64)51-23-37(62)63)24-72-71-19-16-36(61)52-30(21-27-12-14-28(59)15-13-27)40(65)54-31(42(67)57-38)20-26-8-4-3-5-9-26/h3-5,8-9,12-15,25,29-34,38,59H,6-7,10-11,16-24H2,1-2H3,(H2,47,60)(H,51,64)(H,52,61)(H,53,68)(H,54,65)(H,55,69)(H,56,66)(H,57,67)(H,62,63)(H4,48,49,50)/t29-,30+,31-,32-,33-,34+,38-/m0/s1. The zero-order valence-electron chi connectivity index (χ0n) is 39.9. The van der Waals surface area contributed by atoms with Gasteiger partial charge in [-0.25, -0.2) is 0 Å². The van der Waals surface area contributed by atoms with Crippen molar-refractivity contribution in [2.24, 2.45) is 28.1 Å². The number of phenolic OH excluding ortho intramolecular Hbond substituents is 1. The molecule has 0 aromatic heterocycles. The first-order valence-electron chi connectivity index (χ1n) is 23.2. The van der Waals surface area contributed by atoms with E-state index in [1.807, 2.05) is 0 Å². The maximum absolute atomic E-state index is 14.5. The summed E-state index contributed by atoms with van der Waals surface area (Å²) in [5.74, 6) is -9.43. The molecule has 0 saturated carbocycles. The molecular weight excluding hydrogens is 977 g/mol. The van der Waals surface area contributed by atoms with Crippen molar-refractivity contribution in [3.8, 4) is 5.75 Å². The summed E-state index contributed by atoms with van der Waals surface area (Å²) in [5.41, 5.74) is 17.6. The number of likely N-dealkylation sites (tertiary alicyclic amines) is 1. The summed E-state index contributed by atoms with van der Waals surface area (Å²) in [7, 11) is 2.24.